The first kappa shape index (κ1) is 31.0. The van der Waals surface area contributed by atoms with Gasteiger partial charge in [-0.3, -0.25) is 0 Å². The van der Waals surface area contributed by atoms with Crippen molar-refractivity contribution in [2.45, 2.75) is 84.5 Å². The molecule has 0 atom stereocenters. The van der Waals surface area contributed by atoms with E-state index in [1.54, 1.807) is 21.3 Å². The maximum atomic E-state index is 12.3. The Morgan fingerprint density at radius 2 is 1.46 bits per heavy atom. The minimum Gasteiger partial charge on any atom is -0.497 e. The number of hydrogen-bond acceptors (Lipinski definition) is 4. The summed E-state index contributed by atoms with van der Waals surface area (Å²) in [6, 6.07) is 12.4. The lowest BCUT2D eigenvalue weighted by Crippen LogP contribution is -2.30. The van der Waals surface area contributed by atoms with Crippen LogP contribution < -0.4 is 9.47 Å². The number of sulfonamides is 1. The molecule has 216 valence electrons. The Balaban J connectivity index is 1.46. The summed E-state index contributed by atoms with van der Waals surface area (Å²) < 4.78 is 37.3. The second-order valence-electron chi connectivity index (χ2n) is 10.6. The molecule has 3 aromatic rings. The highest BCUT2D eigenvalue weighted by Crippen LogP contribution is 2.37. The molecule has 0 saturated carbocycles. The summed E-state index contributed by atoms with van der Waals surface area (Å²) in [5.74, 6) is 2.09. The molecular weight excluding hydrogens is 508 g/mol. The number of hydrogen-bond donors (Lipinski definition) is 1. The fraction of sp³-hybridized carbons (Fsp3) is 0.562. The number of fused-ring (bicyclic) bond motifs is 1. The lowest BCUT2D eigenvalue weighted by atomic mass is 9.97. The van der Waals surface area contributed by atoms with E-state index >= 15 is 0 Å². The highest BCUT2D eigenvalue weighted by molar-refractivity contribution is 7.89. The van der Waals surface area contributed by atoms with Crippen molar-refractivity contribution in [1.82, 2.24) is 9.29 Å². The first-order valence-electron chi connectivity index (χ1n) is 14.6. The van der Waals surface area contributed by atoms with Crippen LogP contribution in [0.2, 0.25) is 0 Å². The summed E-state index contributed by atoms with van der Waals surface area (Å²) in [6.45, 7) is 4.91. The highest BCUT2D eigenvalue weighted by atomic mass is 32.2. The number of nitrogens with one attached hydrogen (secondary N) is 1. The fourth-order valence-electron chi connectivity index (χ4n) is 5.32. The van der Waals surface area contributed by atoms with Crippen LogP contribution in [-0.2, 0) is 16.4 Å². The molecule has 0 aliphatic carbocycles. The minimum atomic E-state index is -3.09. The Labute approximate surface area is 236 Å². The third-order valence-corrected chi connectivity index (χ3v) is 9.70. The van der Waals surface area contributed by atoms with Gasteiger partial charge in [-0.05, 0) is 80.1 Å². The number of H-pyrrole nitrogens is 1. The molecule has 2 aromatic carbocycles. The van der Waals surface area contributed by atoms with Crippen LogP contribution in [-0.4, -0.2) is 51.3 Å². The van der Waals surface area contributed by atoms with E-state index in [2.05, 4.69) is 43.1 Å². The molecular formula is C32H48N2O4S. The third kappa shape index (κ3) is 8.49. The van der Waals surface area contributed by atoms with Gasteiger partial charge in [-0.2, -0.15) is 0 Å². The maximum Gasteiger partial charge on any atom is 0.213 e. The number of aromatic amines is 1. The van der Waals surface area contributed by atoms with Gasteiger partial charge in [-0.15, -0.1) is 0 Å². The third-order valence-electron chi connectivity index (χ3n) is 7.76. The summed E-state index contributed by atoms with van der Waals surface area (Å²) in [4.78, 5) is 3.63. The van der Waals surface area contributed by atoms with Gasteiger partial charge in [-0.1, -0.05) is 51.9 Å². The molecule has 7 heteroatoms. The number of rotatable bonds is 18. The molecule has 0 unspecified atom stereocenters. The van der Waals surface area contributed by atoms with Gasteiger partial charge in [0.15, 0.2) is 0 Å². The van der Waals surface area contributed by atoms with E-state index in [0.717, 1.165) is 73.2 Å². The van der Waals surface area contributed by atoms with E-state index in [1.165, 1.54) is 46.5 Å². The van der Waals surface area contributed by atoms with Crippen LogP contribution in [0.4, 0.5) is 0 Å². The Hall–Kier alpha value is -2.51. The number of unbranched alkanes of at least 4 members (excludes halogenated alkanes) is 8. The summed E-state index contributed by atoms with van der Waals surface area (Å²) in [5, 5.41) is 1.27. The Bertz CT molecular complexity index is 1270. The molecule has 0 fully saturated rings. The number of aromatic nitrogens is 1. The van der Waals surface area contributed by atoms with Gasteiger partial charge in [-0.25, -0.2) is 12.7 Å². The van der Waals surface area contributed by atoms with E-state index in [4.69, 9.17) is 9.47 Å². The highest BCUT2D eigenvalue weighted by Gasteiger charge is 2.17. The van der Waals surface area contributed by atoms with E-state index in [-0.39, 0.29) is 5.75 Å². The summed E-state index contributed by atoms with van der Waals surface area (Å²) in [7, 11) is 2.06. The standard InChI is InChI=1S/C32H48N2O4S/c1-6-7-23-34(3)39(35,36)24-15-13-11-9-8-10-12-14-16-28-30(38-5)22-21-29-31(28)25(2)32(33-29)26-17-19-27(37-4)20-18-26/h17-22,33H,6-16,23-24H2,1-5H3. The Kier molecular flexibility index (Phi) is 12.2. The number of methoxy groups -OCH3 is 2. The van der Waals surface area contributed by atoms with Gasteiger partial charge in [0, 0.05) is 35.8 Å². The molecule has 0 amide bonds. The van der Waals surface area contributed by atoms with Crippen LogP contribution in [0.1, 0.15) is 82.3 Å². The smallest absolute Gasteiger partial charge is 0.213 e. The molecule has 0 aliphatic rings. The predicted octanol–water partition coefficient (Wildman–Crippen LogP) is 7.89. The molecule has 0 spiro atoms. The van der Waals surface area contributed by atoms with Gasteiger partial charge in [0.2, 0.25) is 10.0 Å². The fourth-order valence-corrected chi connectivity index (χ4v) is 6.61. The first-order valence-corrected chi connectivity index (χ1v) is 16.2. The molecule has 3 rings (SSSR count). The largest absolute Gasteiger partial charge is 0.497 e. The van der Waals surface area contributed by atoms with Crippen molar-refractivity contribution in [3.05, 3.63) is 47.5 Å². The number of benzene rings is 2. The second kappa shape index (κ2) is 15.3. The zero-order valence-electron chi connectivity index (χ0n) is 24.6. The molecule has 1 heterocycles. The molecule has 1 aromatic heterocycles. The van der Waals surface area contributed by atoms with Gasteiger partial charge in [0.05, 0.1) is 20.0 Å². The van der Waals surface area contributed by atoms with Crippen molar-refractivity contribution in [2.75, 3.05) is 33.6 Å². The number of nitrogens with zero attached hydrogens (tertiary/aromatic N) is 1. The number of aryl methyl sites for hydroxylation is 2. The van der Waals surface area contributed by atoms with Crippen LogP contribution in [0.5, 0.6) is 11.5 Å². The van der Waals surface area contributed by atoms with Gasteiger partial charge in [0.1, 0.15) is 11.5 Å². The average molecular weight is 557 g/mol. The molecule has 0 aliphatic heterocycles. The van der Waals surface area contributed by atoms with Crippen LogP contribution >= 0.6 is 0 Å². The zero-order valence-corrected chi connectivity index (χ0v) is 25.5. The van der Waals surface area contributed by atoms with Crippen molar-refractivity contribution < 1.29 is 17.9 Å². The van der Waals surface area contributed by atoms with Crippen LogP contribution in [0.15, 0.2) is 36.4 Å². The zero-order chi connectivity index (χ0) is 28.3. The Morgan fingerprint density at radius 3 is 2.08 bits per heavy atom. The van der Waals surface area contributed by atoms with E-state index in [9.17, 15) is 8.42 Å². The van der Waals surface area contributed by atoms with Crippen LogP contribution in [0.3, 0.4) is 0 Å². The first-order chi connectivity index (χ1) is 18.8. The average Bonchev–Trinajstić information content (AvgIpc) is 3.28. The van der Waals surface area contributed by atoms with Crippen LogP contribution in [0, 0.1) is 6.92 Å². The lowest BCUT2D eigenvalue weighted by molar-refractivity contribution is 0.409. The quantitative estimate of drug-likeness (QED) is 0.162. The van der Waals surface area contributed by atoms with Crippen LogP contribution in [0.25, 0.3) is 22.2 Å². The molecule has 0 saturated heterocycles. The van der Waals surface area contributed by atoms with Crippen molar-refractivity contribution in [3.63, 3.8) is 0 Å². The Morgan fingerprint density at radius 1 is 0.821 bits per heavy atom. The minimum absolute atomic E-state index is 0.277. The SMILES string of the molecule is CCCCN(C)S(=O)(=O)CCCCCCCCCCc1c(OC)ccc2[nH]c(-c3ccc(OC)cc3)c(C)c12. The normalized spacial score (nSPS) is 11.9. The van der Waals surface area contributed by atoms with Crippen molar-refractivity contribution >= 4 is 20.9 Å². The molecule has 0 radical (unpaired) electrons. The predicted molar refractivity (Wildman–Crippen MR) is 164 cm³/mol. The monoisotopic (exact) mass is 556 g/mol. The summed E-state index contributed by atoms with van der Waals surface area (Å²) >= 11 is 0. The van der Waals surface area contributed by atoms with E-state index in [0.29, 0.717) is 6.54 Å². The van der Waals surface area contributed by atoms with Crippen molar-refractivity contribution in [1.29, 1.82) is 0 Å². The molecule has 39 heavy (non-hydrogen) atoms. The van der Waals surface area contributed by atoms with Gasteiger partial charge >= 0.3 is 0 Å². The lowest BCUT2D eigenvalue weighted by Gasteiger charge is -2.16. The van der Waals surface area contributed by atoms with E-state index in [1.807, 2.05) is 12.1 Å². The maximum absolute atomic E-state index is 12.3. The second-order valence-corrected chi connectivity index (χ2v) is 12.8. The van der Waals surface area contributed by atoms with Crippen molar-refractivity contribution in [3.8, 4) is 22.8 Å². The van der Waals surface area contributed by atoms with Crippen molar-refractivity contribution in [2.24, 2.45) is 0 Å². The topological polar surface area (TPSA) is 71.6 Å². The molecule has 1 N–H and O–H groups in total. The summed E-state index contributed by atoms with van der Waals surface area (Å²) in [5.41, 5.74) is 5.97. The molecule has 6 nitrogen and oxygen atoms in total. The van der Waals surface area contributed by atoms with Gasteiger partial charge in [0.25, 0.3) is 0 Å². The molecule has 0 bridgehead atoms. The van der Waals surface area contributed by atoms with Gasteiger partial charge < -0.3 is 14.5 Å². The summed E-state index contributed by atoms with van der Waals surface area (Å²) in [6.07, 6.45) is 11.7. The van der Waals surface area contributed by atoms with E-state index < -0.39 is 10.0 Å². The number of ether oxygens (including phenoxy) is 2.